The van der Waals surface area contributed by atoms with Crippen LogP contribution in [0.25, 0.3) is 89.4 Å². The van der Waals surface area contributed by atoms with Gasteiger partial charge < -0.3 is 9.13 Å². The zero-order valence-corrected chi connectivity index (χ0v) is 30.4. The van der Waals surface area contributed by atoms with E-state index in [0.717, 1.165) is 0 Å². The molecule has 2 nitrogen and oxygen atoms in total. The predicted octanol–water partition coefficient (Wildman–Crippen LogP) is 14.0. The van der Waals surface area contributed by atoms with Gasteiger partial charge in [-0.3, -0.25) is 0 Å². The molecule has 0 spiro atoms. The molecule has 0 aliphatic heterocycles. The van der Waals surface area contributed by atoms with E-state index >= 15 is 0 Å². The van der Waals surface area contributed by atoms with E-state index in [2.05, 4.69) is 217 Å². The van der Waals surface area contributed by atoms with Crippen LogP contribution in [0.4, 0.5) is 0 Å². The molecule has 10 aromatic rings. The Morgan fingerprint density at radius 3 is 1.30 bits per heavy atom. The van der Waals surface area contributed by atoms with Crippen molar-refractivity contribution in [1.29, 1.82) is 0 Å². The number of hydrogen-bond donors (Lipinski definition) is 0. The van der Waals surface area contributed by atoms with E-state index in [9.17, 15) is 0 Å². The van der Waals surface area contributed by atoms with Gasteiger partial charge in [-0.1, -0.05) is 145 Å². The molecular formula is C52H38N2. The first-order chi connectivity index (χ1) is 26.6. The van der Waals surface area contributed by atoms with Gasteiger partial charge in [-0.2, -0.15) is 0 Å². The quantitative estimate of drug-likeness (QED) is 0.154. The lowest BCUT2D eigenvalue weighted by Crippen LogP contribution is -1.94. The Kier molecular flexibility index (Phi) is 7.63. The molecule has 54 heavy (non-hydrogen) atoms. The average molecular weight is 691 g/mol. The van der Waals surface area contributed by atoms with Gasteiger partial charge in [0.1, 0.15) is 0 Å². The Morgan fingerprint density at radius 2 is 0.759 bits per heavy atom. The third-order valence-electron chi connectivity index (χ3n) is 10.8. The summed E-state index contributed by atoms with van der Waals surface area (Å²) in [6.45, 7) is 4.34. The van der Waals surface area contributed by atoms with Crippen molar-refractivity contribution in [3.05, 3.63) is 204 Å². The zero-order valence-electron chi connectivity index (χ0n) is 30.4. The molecule has 8 aromatic carbocycles. The van der Waals surface area contributed by atoms with Crippen molar-refractivity contribution in [2.24, 2.45) is 0 Å². The third-order valence-corrected chi connectivity index (χ3v) is 10.8. The number of aromatic nitrogens is 2. The summed E-state index contributed by atoms with van der Waals surface area (Å²) in [6, 6.07) is 66.4. The summed E-state index contributed by atoms with van der Waals surface area (Å²) < 4.78 is 4.76. The van der Waals surface area contributed by atoms with E-state index in [0.29, 0.717) is 0 Å². The molecule has 256 valence electrons. The van der Waals surface area contributed by atoms with E-state index in [1.165, 1.54) is 99.5 Å². The summed E-state index contributed by atoms with van der Waals surface area (Å²) in [7, 11) is 0. The van der Waals surface area contributed by atoms with Gasteiger partial charge >= 0.3 is 0 Å². The Labute approximate surface area is 315 Å². The molecule has 0 saturated heterocycles. The fourth-order valence-electron chi connectivity index (χ4n) is 8.12. The maximum Gasteiger partial charge on any atom is 0.0541 e. The largest absolute Gasteiger partial charge is 0.309 e. The Bertz CT molecular complexity index is 2910. The molecule has 0 saturated carbocycles. The first-order valence-corrected chi connectivity index (χ1v) is 18.7. The van der Waals surface area contributed by atoms with Gasteiger partial charge in [0.2, 0.25) is 0 Å². The molecule has 0 radical (unpaired) electrons. The van der Waals surface area contributed by atoms with Crippen LogP contribution in [-0.4, -0.2) is 9.13 Å². The van der Waals surface area contributed by atoms with E-state index in [1.807, 2.05) is 0 Å². The number of rotatable bonds is 6. The topological polar surface area (TPSA) is 9.86 Å². The SMILES string of the molecule is Cc1ccc2c(c1)c1cc(C)ccc1n2-c1cccc(-c2ccc(C=Cc3ccc(-c4ccc(-n5c6ccccc6c6ccccc65)cc4)cc3)cc2)c1. The number of hydrogen-bond acceptors (Lipinski definition) is 0. The average Bonchev–Trinajstić information content (AvgIpc) is 3.73. The van der Waals surface area contributed by atoms with Crippen molar-refractivity contribution in [2.75, 3.05) is 0 Å². The van der Waals surface area contributed by atoms with E-state index in [-0.39, 0.29) is 0 Å². The Hall–Kier alpha value is -6.90. The monoisotopic (exact) mass is 690 g/mol. The second-order valence-corrected chi connectivity index (χ2v) is 14.4. The van der Waals surface area contributed by atoms with Crippen molar-refractivity contribution in [3.63, 3.8) is 0 Å². The first kappa shape index (κ1) is 31.8. The standard InChI is InChI=1S/C52H38N2/c1-35-14-30-51-47(32-35)48-33-36(2)15-31-52(48)54(51)44-9-7-8-42(34-44)41-24-20-38(21-25-41)17-16-37-18-22-39(23-19-37)40-26-28-43(29-27-40)53-49-12-5-3-10-45(49)46-11-4-6-13-50(46)53/h3-34H,1-2H3. The third kappa shape index (κ3) is 5.52. The lowest BCUT2D eigenvalue weighted by Gasteiger charge is -2.11. The Balaban J connectivity index is 0.871. The summed E-state index contributed by atoms with van der Waals surface area (Å²) in [6.07, 6.45) is 4.38. The molecule has 0 unspecified atom stereocenters. The van der Waals surface area contributed by atoms with Crippen LogP contribution in [0.2, 0.25) is 0 Å². The fourth-order valence-corrected chi connectivity index (χ4v) is 8.12. The second kappa shape index (κ2) is 12.9. The number of nitrogens with zero attached hydrogens (tertiary/aromatic N) is 2. The number of benzene rings is 8. The van der Waals surface area contributed by atoms with Crippen LogP contribution < -0.4 is 0 Å². The minimum Gasteiger partial charge on any atom is -0.309 e. The van der Waals surface area contributed by atoms with Crippen molar-refractivity contribution >= 4 is 55.8 Å². The fraction of sp³-hybridized carbons (Fsp3) is 0.0385. The molecule has 2 heterocycles. The van der Waals surface area contributed by atoms with Gasteiger partial charge in [0.25, 0.3) is 0 Å². The van der Waals surface area contributed by atoms with E-state index in [1.54, 1.807) is 0 Å². The molecule has 10 rings (SSSR count). The van der Waals surface area contributed by atoms with Crippen molar-refractivity contribution in [3.8, 4) is 33.6 Å². The zero-order chi connectivity index (χ0) is 36.2. The summed E-state index contributed by atoms with van der Waals surface area (Å²) in [5, 5.41) is 5.16. The second-order valence-electron chi connectivity index (χ2n) is 14.4. The normalized spacial score (nSPS) is 11.8. The van der Waals surface area contributed by atoms with Gasteiger partial charge in [0.15, 0.2) is 0 Å². The minimum atomic E-state index is 1.17. The molecule has 0 aliphatic rings. The highest BCUT2D eigenvalue weighted by Gasteiger charge is 2.14. The molecule has 0 fully saturated rings. The maximum absolute atomic E-state index is 2.40. The van der Waals surface area contributed by atoms with E-state index < -0.39 is 0 Å². The smallest absolute Gasteiger partial charge is 0.0541 e. The minimum absolute atomic E-state index is 1.17. The van der Waals surface area contributed by atoms with Gasteiger partial charge in [0, 0.05) is 32.9 Å². The molecule has 2 aromatic heterocycles. The molecule has 0 atom stereocenters. The van der Waals surface area contributed by atoms with Crippen LogP contribution in [0, 0.1) is 13.8 Å². The van der Waals surface area contributed by atoms with Crippen molar-refractivity contribution < 1.29 is 0 Å². The van der Waals surface area contributed by atoms with Gasteiger partial charge in [0.05, 0.1) is 22.1 Å². The highest BCUT2D eigenvalue weighted by atomic mass is 15.0. The molecule has 0 bridgehead atoms. The summed E-state index contributed by atoms with van der Waals surface area (Å²) in [4.78, 5) is 0. The maximum atomic E-state index is 2.40. The highest BCUT2D eigenvalue weighted by Crippen LogP contribution is 2.35. The summed E-state index contributed by atoms with van der Waals surface area (Å²) >= 11 is 0. The molecule has 0 aliphatic carbocycles. The van der Waals surface area contributed by atoms with Gasteiger partial charge in [-0.15, -0.1) is 0 Å². The Morgan fingerprint density at radius 1 is 0.315 bits per heavy atom. The van der Waals surface area contributed by atoms with Crippen LogP contribution in [0.1, 0.15) is 22.3 Å². The molecule has 0 amide bonds. The van der Waals surface area contributed by atoms with Gasteiger partial charge in [-0.05, 0) is 108 Å². The van der Waals surface area contributed by atoms with E-state index in [4.69, 9.17) is 0 Å². The lowest BCUT2D eigenvalue weighted by atomic mass is 10.0. The van der Waals surface area contributed by atoms with Crippen molar-refractivity contribution in [2.45, 2.75) is 13.8 Å². The van der Waals surface area contributed by atoms with Crippen molar-refractivity contribution in [1.82, 2.24) is 9.13 Å². The summed E-state index contributed by atoms with van der Waals surface area (Å²) in [5.74, 6) is 0. The highest BCUT2D eigenvalue weighted by molar-refractivity contribution is 6.10. The molecular weight excluding hydrogens is 653 g/mol. The summed E-state index contributed by atoms with van der Waals surface area (Å²) in [5.41, 5.74) is 17.0. The first-order valence-electron chi connectivity index (χ1n) is 18.7. The number of fused-ring (bicyclic) bond motifs is 6. The van der Waals surface area contributed by atoms with Gasteiger partial charge in [-0.25, -0.2) is 0 Å². The predicted molar refractivity (Wildman–Crippen MR) is 231 cm³/mol. The number of aryl methyl sites for hydroxylation is 2. The lowest BCUT2D eigenvalue weighted by molar-refractivity contribution is 1.18. The molecule has 2 heteroatoms. The van der Waals surface area contributed by atoms with Crippen LogP contribution in [-0.2, 0) is 0 Å². The molecule has 0 N–H and O–H groups in total. The van der Waals surface area contributed by atoms with Crippen LogP contribution >= 0.6 is 0 Å². The van der Waals surface area contributed by atoms with Crippen LogP contribution in [0.5, 0.6) is 0 Å². The van der Waals surface area contributed by atoms with Crippen LogP contribution in [0.3, 0.4) is 0 Å². The number of para-hydroxylation sites is 2. The van der Waals surface area contributed by atoms with Crippen LogP contribution in [0.15, 0.2) is 182 Å².